The van der Waals surface area contributed by atoms with Crippen LogP contribution in [0.25, 0.3) is 0 Å². The van der Waals surface area contributed by atoms with Gasteiger partial charge in [-0.15, -0.1) is 0 Å². The molecule has 0 heterocycles. The maximum absolute atomic E-state index is 11.2. The van der Waals surface area contributed by atoms with Gasteiger partial charge in [0, 0.05) is 0 Å². The van der Waals surface area contributed by atoms with E-state index in [4.69, 9.17) is 14.7 Å². The third kappa shape index (κ3) is 22.4. The number of unbranched alkanes of at least 4 members (excludes halogenated alkanes) is 15. The average Bonchev–Trinajstić information content (AvgIpc) is 2.55. The van der Waals surface area contributed by atoms with Crippen LogP contribution >= 0.6 is 15.6 Å². The number of hydrogen-bond donors (Lipinski definition) is 3. The van der Waals surface area contributed by atoms with Crippen LogP contribution in [0.1, 0.15) is 110 Å². The molecule has 0 aliphatic heterocycles. The topological polar surface area (TPSA) is 113 Å². The normalized spacial score (nSPS) is 14.4. The van der Waals surface area contributed by atoms with Crippen LogP contribution in [0.5, 0.6) is 0 Å². The monoisotopic (exact) mass is 430 g/mol. The number of rotatable bonds is 20. The Kier molecular flexibility index (Phi) is 17.3. The standard InChI is InChI=1S/C18H40O7P2/c1-2-3-4-5-6-7-8-9-10-11-12-13-14-15-16-17-18-24-27(22,23)25-26(19,20)21/h2-18H2,1H3,(H,22,23)(H2,19,20,21). The maximum atomic E-state index is 11.2. The molecule has 1 unspecified atom stereocenters. The van der Waals surface area contributed by atoms with Gasteiger partial charge in [0.25, 0.3) is 0 Å². The highest BCUT2D eigenvalue weighted by Crippen LogP contribution is 2.57. The quantitative estimate of drug-likeness (QED) is 0.150. The molecule has 0 spiro atoms. The van der Waals surface area contributed by atoms with Gasteiger partial charge in [0.15, 0.2) is 0 Å². The predicted octanol–water partition coefficient (Wildman–Crippen LogP) is 6.47. The minimum Gasteiger partial charge on any atom is -0.302 e. The fourth-order valence-corrected chi connectivity index (χ4v) is 4.61. The van der Waals surface area contributed by atoms with Crippen LogP contribution in [0, 0.1) is 0 Å². The van der Waals surface area contributed by atoms with Gasteiger partial charge in [-0.2, -0.15) is 4.31 Å². The molecule has 0 aromatic rings. The van der Waals surface area contributed by atoms with Crippen molar-refractivity contribution in [3.8, 4) is 0 Å². The molecule has 27 heavy (non-hydrogen) atoms. The summed E-state index contributed by atoms with van der Waals surface area (Å²) in [7, 11) is -9.68. The third-order valence-electron chi connectivity index (χ3n) is 4.46. The van der Waals surface area contributed by atoms with E-state index in [-0.39, 0.29) is 6.61 Å². The summed E-state index contributed by atoms with van der Waals surface area (Å²) in [4.78, 5) is 26.0. The van der Waals surface area contributed by atoms with E-state index in [2.05, 4.69) is 15.8 Å². The Morgan fingerprint density at radius 3 is 1.26 bits per heavy atom. The molecule has 3 N–H and O–H groups in total. The van der Waals surface area contributed by atoms with Crippen molar-refractivity contribution in [2.45, 2.75) is 110 Å². The van der Waals surface area contributed by atoms with Gasteiger partial charge in [-0.25, -0.2) is 9.13 Å². The van der Waals surface area contributed by atoms with E-state index in [9.17, 15) is 9.13 Å². The smallest absolute Gasteiger partial charge is 0.302 e. The van der Waals surface area contributed by atoms with Crippen molar-refractivity contribution in [3.63, 3.8) is 0 Å². The first kappa shape index (κ1) is 27.3. The van der Waals surface area contributed by atoms with Crippen molar-refractivity contribution in [2.75, 3.05) is 6.61 Å². The van der Waals surface area contributed by atoms with Gasteiger partial charge < -0.3 is 14.7 Å². The third-order valence-corrected chi connectivity index (χ3v) is 6.65. The molecule has 0 bridgehead atoms. The predicted molar refractivity (Wildman–Crippen MR) is 108 cm³/mol. The minimum atomic E-state index is -5.02. The average molecular weight is 430 g/mol. The summed E-state index contributed by atoms with van der Waals surface area (Å²) in [5.41, 5.74) is 0. The maximum Gasteiger partial charge on any atom is 0.481 e. The van der Waals surface area contributed by atoms with Crippen molar-refractivity contribution in [3.05, 3.63) is 0 Å². The van der Waals surface area contributed by atoms with Crippen LogP contribution in [-0.4, -0.2) is 21.3 Å². The Bertz CT molecular complexity index is 426. The zero-order valence-electron chi connectivity index (χ0n) is 16.9. The van der Waals surface area contributed by atoms with Crippen LogP contribution in [0.2, 0.25) is 0 Å². The van der Waals surface area contributed by atoms with E-state index < -0.39 is 15.6 Å². The van der Waals surface area contributed by atoms with Gasteiger partial charge in [-0.1, -0.05) is 103 Å². The van der Waals surface area contributed by atoms with E-state index in [1.807, 2.05) is 0 Å². The fraction of sp³-hybridized carbons (Fsp3) is 1.00. The van der Waals surface area contributed by atoms with Crippen LogP contribution in [0.3, 0.4) is 0 Å². The van der Waals surface area contributed by atoms with Crippen LogP contribution in [0.15, 0.2) is 0 Å². The lowest BCUT2D eigenvalue weighted by molar-refractivity contribution is 0.176. The Hall–Kier alpha value is 0.260. The molecule has 0 aliphatic rings. The van der Waals surface area contributed by atoms with Crippen molar-refractivity contribution in [1.29, 1.82) is 0 Å². The van der Waals surface area contributed by atoms with Gasteiger partial charge in [0.2, 0.25) is 0 Å². The Labute approximate surface area is 165 Å². The molecule has 164 valence electrons. The lowest BCUT2D eigenvalue weighted by Crippen LogP contribution is -1.96. The summed E-state index contributed by atoms with van der Waals surface area (Å²) in [6, 6.07) is 0. The van der Waals surface area contributed by atoms with Crippen molar-refractivity contribution < 1.29 is 32.6 Å². The molecular weight excluding hydrogens is 390 g/mol. The highest BCUT2D eigenvalue weighted by atomic mass is 31.3. The molecule has 0 aromatic heterocycles. The van der Waals surface area contributed by atoms with Crippen LogP contribution < -0.4 is 0 Å². The Balaban J connectivity index is 3.25. The van der Waals surface area contributed by atoms with Gasteiger partial charge in [0.05, 0.1) is 6.61 Å². The molecule has 0 fully saturated rings. The summed E-state index contributed by atoms with van der Waals surface area (Å²) >= 11 is 0. The van der Waals surface area contributed by atoms with Gasteiger partial charge in [-0.3, -0.25) is 4.52 Å². The summed E-state index contributed by atoms with van der Waals surface area (Å²) in [5, 5.41) is 0. The second-order valence-corrected chi connectivity index (χ2v) is 10.0. The second-order valence-electron chi connectivity index (χ2n) is 7.18. The zero-order chi connectivity index (χ0) is 20.4. The molecule has 1 atom stereocenters. The highest BCUT2D eigenvalue weighted by molar-refractivity contribution is 7.60. The first-order chi connectivity index (χ1) is 12.8. The molecule has 0 saturated carbocycles. The summed E-state index contributed by atoms with van der Waals surface area (Å²) in [6.45, 7) is 2.20. The fourth-order valence-electron chi connectivity index (χ4n) is 2.99. The number of phosphoric ester groups is 1. The molecule has 0 radical (unpaired) electrons. The first-order valence-electron chi connectivity index (χ1n) is 10.5. The highest BCUT2D eigenvalue weighted by Gasteiger charge is 2.31. The molecule has 0 aliphatic carbocycles. The lowest BCUT2D eigenvalue weighted by Gasteiger charge is -2.12. The molecule has 0 saturated heterocycles. The van der Waals surface area contributed by atoms with E-state index in [1.54, 1.807) is 0 Å². The van der Waals surface area contributed by atoms with Crippen molar-refractivity contribution in [1.82, 2.24) is 0 Å². The summed E-state index contributed by atoms with van der Waals surface area (Å²) in [6.07, 6.45) is 19.6. The van der Waals surface area contributed by atoms with Crippen molar-refractivity contribution in [2.24, 2.45) is 0 Å². The van der Waals surface area contributed by atoms with Crippen LogP contribution in [0.4, 0.5) is 0 Å². The second kappa shape index (κ2) is 17.1. The zero-order valence-corrected chi connectivity index (χ0v) is 18.7. The van der Waals surface area contributed by atoms with E-state index in [0.29, 0.717) is 6.42 Å². The number of hydrogen-bond acceptors (Lipinski definition) is 4. The molecule has 0 aromatic carbocycles. The van der Waals surface area contributed by atoms with Gasteiger partial charge in [0.1, 0.15) is 0 Å². The van der Waals surface area contributed by atoms with E-state index in [1.165, 1.54) is 77.0 Å². The van der Waals surface area contributed by atoms with Crippen molar-refractivity contribution >= 4 is 15.6 Å². The largest absolute Gasteiger partial charge is 0.481 e. The number of phosphoric acid groups is 2. The summed E-state index contributed by atoms with van der Waals surface area (Å²) < 4.78 is 29.9. The SMILES string of the molecule is CCCCCCCCCCCCCCCCCCOP(=O)(O)OP(=O)(O)O. The summed E-state index contributed by atoms with van der Waals surface area (Å²) in [5.74, 6) is 0. The molecule has 0 amide bonds. The lowest BCUT2D eigenvalue weighted by atomic mass is 10.0. The van der Waals surface area contributed by atoms with E-state index in [0.717, 1.165) is 19.3 Å². The van der Waals surface area contributed by atoms with Crippen LogP contribution in [-0.2, 0) is 18.0 Å². The molecule has 7 nitrogen and oxygen atoms in total. The Morgan fingerprint density at radius 1 is 0.593 bits per heavy atom. The molecule has 0 rings (SSSR count). The minimum absolute atomic E-state index is 0.0494. The molecular formula is C18H40O7P2. The first-order valence-corrected chi connectivity index (χ1v) is 13.5. The van der Waals surface area contributed by atoms with E-state index >= 15 is 0 Å². The molecule has 9 heteroatoms. The van der Waals surface area contributed by atoms with Gasteiger partial charge in [-0.05, 0) is 6.42 Å². The van der Waals surface area contributed by atoms with Gasteiger partial charge >= 0.3 is 15.6 Å². The Morgan fingerprint density at radius 2 is 0.926 bits per heavy atom.